The maximum Gasteiger partial charge on any atom is 0.319 e. The molecule has 128 valence electrons. The Morgan fingerprint density at radius 1 is 1.12 bits per heavy atom. The molecule has 0 radical (unpaired) electrons. The second kappa shape index (κ2) is 8.01. The molecule has 0 bridgehead atoms. The minimum atomic E-state index is -0.271. The van der Waals surface area contributed by atoms with E-state index in [1.54, 1.807) is 31.8 Å². The molecule has 1 heterocycles. The number of hydrogen-bond acceptors (Lipinski definition) is 3. The van der Waals surface area contributed by atoms with Gasteiger partial charge in [-0.25, -0.2) is 9.78 Å². The number of urea groups is 1. The Morgan fingerprint density at radius 2 is 1.88 bits per heavy atom. The van der Waals surface area contributed by atoms with Gasteiger partial charge in [-0.05, 0) is 23.3 Å². The van der Waals surface area contributed by atoms with Gasteiger partial charge in [0.05, 0.1) is 19.1 Å². The van der Waals surface area contributed by atoms with E-state index in [-0.39, 0.29) is 6.03 Å². The predicted molar refractivity (Wildman–Crippen MR) is 96.6 cm³/mol. The van der Waals surface area contributed by atoms with Gasteiger partial charge in [0, 0.05) is 25.5 Å². The van der Waals surface area contributed by atoms with Crippen LogP contribution >= 0.6 is 0 Å². The lowest BCUT2D eigenvalue weighted by atomic mass is 10.1. The summed E-state index contributed by atoms with van der Waals surface area (Å²) in [5.41, 5.74) is 2.85. The van der Waals surface area contributed by atoms with Gasteiger partial charge in [0.1, 0.15) is 5.75 Å². The highest BCUT2D eigenvalue weighted by Gasteiger charge is 2.06. The fourth-order valence-electron chi connectivity index (χ4n) is 2.45. The number of ether oxygens (including phenoxy) is 1. The van der Waals surface area contributed by atoms with Crippen LogP contribution in [0.5, 0.6) is 5.75 Å². The summed E-state index contributed by atoms with van der Waals surface area (Å²) in [7, 11) is 1.57. The quantitative estimate of drug-likeness (QED) is 0.726. The highest BCUT2D eigenvalue weighted by atomic mass is 16.5. The summed E-state index contributed by atoms with van der Waals surface area (Å²) in [5, 5.41) is 5.63. The first-order valence-electron chi connectivity index (χ1n) is 7.96. The second-order valence-corrected chi connectivity index (χ2v) is 5.56. The molecule has 0 fully saturated rings. The van der Waals surface area contributed by atoms with Crippen LogP contribution < -0.4 is 15.4 Å². The van der Waals surface area contributed by atoms with Crippen LogP contribution in [0, 0.1) is 0 Å². The van der Waals surface area contributed by atoms with Crippen molar-refractivity contribution in [3.63, 3.8) is 0 Å². The molecule has 2 aromatic carbocycles. The zero-order chi connectivity index (χ0) is 17.5. The van der Waals surface area contributed by atoms with Crippen LogP contribution in [0.1, 0.15) is 11.1 Å². The molecule has 3 rings (SSSR count). The number of rotatable bonds is 6. The monoisotopic (exact) mass is 336 g/mol. The normalized spacial score (nSPS) is 10.3. The Hall–Kier alpha value is -3.28. The highest BCUT2D eigenvalue weighted by Crippen LogP contribution is 2.22. The van der Waals surface area contributed by atoms with Crippen LogP contribution in [0.3, 0.4) is 0 Å². The molecule has 0 aliphatic heterocycles. The second-order valence-electron chi connectivity index (χ2n) is 5.56. The Bertz CT molecular complexity index is 814. The SMILES string of the molecule is COc1ccccc1NC(=O)NCc1ccc(Cn2ccnc2)cc1. The van der Waals surface area contributed by atoms with Crippen molar-refractivity contribution in [1.29, 1.82) is 0 Å². The first-order chi connectivity index (χ1) is 12.2. The minimum Gasteiger partial charge on any atom is -0.495 e. The summed E-state index contributed by atoms with van der Waals surface area (Å²) >= 11 is 0. The molecule has 0 aliphatic rings. The number of imidazole rings is 1. The first kappa shape index (κ1) is 16.6. The summed E-state index contributed by atoms with van der Waals surface area (Å²) in [6, 6.07) is 15.1. The lowest BCUT2D eigenvalue weighted by Crippen LogP contribution is -2.28. The maximum atomic E-state index is 12.0. The number of para-hydroxylation sites is 2. The van der Waals surface area contributed by atoms with Gasteiger partial charge >= 0.3 is 6.03 Å². The van der Waals surface area contributed by atoms with Crippen molar-refractivity contribution in [2.45, 2.75) is 13.1 Å². The van der Waals surface area contributed by atoms with Gasteiger partial charge in [-0.15, -0.1) is 0 Å². The summed E-state index contributed by atoms with van der Waals surface area (Å²) in [5.74, 6) is 0.626. The Labute approximate surface area is 146 Å². The molecule has 1 aromatic heterocycles. The van der Waals surface area contributed by atoms with Crippen molar-refractivity contribution in [2.75, 3.05) is 12.4 Å². The Kier molecular flexibility index (Phi) is 5.31. The van der Waals surface area contributed by atoms with E-state index in [1.807, 2.05) is 35.0 Å². The fraction of sp³-hybridized carbons (Fsp3) is 0.158. The minimum absolute atomic E-state index is 0.271. The van der Waals surface area contributed by atoms with Gasteiger partial charge in [0.15, 0.2) is 0 Å². The summed E-state index contributed by atoms with van der Waals surface area (Å²) in [6.45, 7) is 1.23. The molecule has 0 saturated carbocycles. The zero-order valence-electron chi connectivity index (χ0n) is 14.0. The van der Waals surface area contributed by atoms with Crippen LogP contribution in [0.4, 0.5) is 10.5 Å². The van der Waals surface area contributed by atoms with Crippen molar-refractivity contribution in [3.8, 4) is 5.75 Å². The van der Waals surface area contributed by atoms with Gasteiger partial charge in [-0.1, -0.05) is 36.4 Å². The van der Waals surface area contributed by atoms with Gasteiger partial charge in [-0.2, -0.15) is 0 Å². The molecule has 0 spiro atoms. The number of nitrogens with one attached hydrogen (secondary N) is 2. The average molecular weight is 336 g/mol. The molecule has 6 nitrogen and oxygen atoms in total. The molecule has 2 amide bonds. The van der Waals surface area contributed by atoms with Gasteiger partial charge < -0.3 is 19.9 Å². The number of carbonyl (C=O) groups is 1. The zero-order valence-corrected chi connectivity index (χ0v) is 14.0. The summed E-state index contributed by atoms with van der Waals surface area (Å²) in [6.07, 6.45) is 5.48. The molecular formula is C19H20N4O2. The van der Waals surface area contributed by atoms with Crippen molar-refractivity contribution in [2.24, 2.45) is 0 Å². The van der Waals surface area contributed by atoms with Gasteiger partial charge in [0.25, 0.3) is 0 Å². The molecule has 0 saturated heterocycles. The van der Waals surface area contributed by atoms with Crippen molar-refractivity contribution in [3.05, 3.63) is 78.4 Å². The highest BCUT2D eigenvalue weighted by molar-refractivity contribution is 5.90. The van der Waals surface area contributed by atoms with E-state index in [0.717, 1.165) is 12.1 Å². The van der Waals surface area contributed by atoms with E-state index in [0.29, 0.717) is 18.0 Å². The molecule has 0 unspecified atom stereocenters. The predicted octanol–water partition coefficient (Wildman–Crippen LogP) is 3.26. The van der Waals surface area contributed by atoms with Crippen LogP contribution in [0.25, 0.3) is 0 Å². The molecule has 0 aliphatic carbocycles. The smallest absolute Gasteiger partial charge is 0.319 e. The first-order valence-corrected chi connectivity index (χ1v) is 7.96. The topological polar surface area (TPSA) is 68.2 Å². The number of aromatic nitrogens is 2. The third-order valence-electron chi connectivity index (χ3n) is 3.76. The molecule has 6 heteroatoms. The largest absolute Gasteiger partial charge is 0.495 e. The average Bonchev–Trinajstić information content (AvgIpc) is 3.15. The van der Waals surface area contributed by atoms with Crippen LogP contribution in [-0.2, 0) is 13.1 Å². The van der Waals surface area contributed by atoms with Crippen LogP contribution in [0.15, 0.2) is 67.3 Å². The van der Waals surface area contributed by atoms with E-state index in [9.17, 15) is 4.79 Å². The van der Waals surface area contributed by atoms with E-state index < -0.39 is 0 Å². The summed E-state index contributed by atoms with van der Waals surface area (Å²) in [4.78, 5) is 16.1. The van der Waals surface area contributed by atoms with Crippen molar-refractivity contribution in [1.82, 2.24) is 14.9 Å². The lowest BCUT2D eigenvalue weighted by Gasteiger charge is -2.11. The number of carbonyl (C=O) groups excluding carboxylic acids is 1. The number of anilines is 1. The van der Waals surface area contributed by atoms with Gasteiger partial charge in [0.2, 0.25) is 0 Å². The number of nitrogens with zero attached hydrogens (tertiary/aromatic N) is 2. The molecule has 0 atom stereocenters. The van der Waals surface area contributed by atoms with E-state index in [2.05, 4.69) is 27.8 Å². The van der Waals surface area contributed by atoms with Crippen molar-refractivity contribution >= 4 is 11.7 Å². The molecule has 3 aromatic rings. The number of methoxy groups -OCH3 is 1. The van der Waals surface area contributed by atoms with Crippen LogP contribution in [-0.4, -0.2) is 22.7 Å². The Balaban J connectivity index is 1.52. The fourth-order valence-corrected chi connectivity index (χ4v) is 2.45. The third kappa shape index (κ3) is 4.60. The van der Waals surface area contributed by atoms with E-state index in [1.165, 1.54) is 5.56 Å². The lowest BCUT2D eigenvalue weighted by molar-refractivity contribution is 0.251. The van der Waals surface area contributed by atoms with Gasteiger partial charge in [-0.3, -0.25) is 0 Å². The number of amides is 2. The van der Waals surface area contributed by atoms with Crippen molar-refractivity contribution < 1.29 is 9.53 Å². The maximum absolute atomic E-state index is 12.0. The third-order valence-corrected chi connectivity index (χ3v) is 3.76. The number of hydrogen-bond donors (Lipinski definition) is 2. The van der Waals surface area contributed by atoms with Crippen LogP contribution in [0.2, 0.25) is 0 Å². The molecule has 25 heavy (non-hydrogen) atoms. The van der Waals surface area contributed by atoms with E-state index >= 15 is 0 Å². The summed E-state index contributed by atoms with van der Waals surface area (Å²) < 4.78 is 7.22. The molecular weight excluding hydrogens is 316 g/mol. The Morgan fingerprint density at radius 3 is 2.60 bits per heavy atom. The number of benzene rings is 2. The standard InChI is InChI=1S/C19H20N4O2/c1-25-18-5-3-2-4-17(18)22-19(24)21-12-15-6-8-16(9-7-15)13-23-11-10-20-14-23/h2-11,14H,12-13H2,1H3,(H2,21,22,24). The van der Waals surface area contributed by atoms with E-state index in [4.69, 9.17) is 4.74 Å². The molecule has 2 N–H and O–H groups in total.